The Morgan fingerprint density at radius 1 is 1.00 bits per heavy atom. The van der Waals surface area contributed by atoms with Crippen molar-refractivity contribution < 1.29 is 53.6 Å². The maximum absolute atomic E-state index is 0. The maximum atomic E-state index is 0. The van der Waals surface area contributed by atoms with Crippen molar-refractivity contribution in [2.45, 2.75) is 0 Å². The van der Waals surface area contributed by atoms with Gasteiger partial charge in [-0.3, -0.25) is 0 Å². The molecule has 0 aliphatic heterocycles. The first-order valence-electron chi connectivity index (χ1n) is 0. The average molecular weight is 426 g/mol. The zero-order valence-electron chi connectivity index (χ0n) is 2.36. The van der Waals surface area contributed by atoms with Crippen molar-refractivity contribution in [2.75, 3.05) is 0 Å². The first kappa shape index (κ1) is 44.3. The average Bonchev–Trinajstić information content (AvgIpc) is 0. The van der Waals surface area contributed by atoms with Crippen LogP contribution in [0.5, 0.6) is 0 Å². The molecular formula is H2CuFePbSZn. The van der Waals surface area contributed by atoms with Crippen molar-refractivity contribution in [1.82, 2.24) is 0 Å². The van der Waals surface area contributed by atoms with E-state index in [0.29, 0.717) is 0 Å². The summed E-state index contributed by atoms with van der Waals surface area (Å²) >= 11 is 0. The standard InChI is InChI=1S/Cu.Fe.Pb.H2S.Zn/h;;;1H2;. The van der Waals surface area contributed by atoms with Crippen LogP contribution < -0.4 is 0 Å². The Bertz CT molecular complexity index is 11.6. The quantitative estimate of drug-likeness (QED) is 0.468. The Balaban J connectivity index is 0. The summed E-state index contributed by atoms with van der Waals surface area (Å²) < 4.78 is 0. The predicted octanol–water partition coefficient (Wildman–Crippen LogP) is -0.275. The third kappa shape index (κ3) is 19.6. The van der Waals surface area contributed by atoms with E-state index in [1.54, 1.807) is 0 Å². The van der Waals surface area contributed by atoms with E-state index in [0.717, 1.165) is 0 Å². The molecule has 0 aliphatic carbocycles. The number of hydrogen-bond acceptors (Lipinski definition) is 0. The van der Waals surface area contributed by atoms with E-state index in [4.69, 9.17) is 0 Å². The zero-order valence-corrected chi connectivity index (χ0v) is 12.3. The molecule has 0 heterocycles. The second-order valence-electron chi connectivity index (χ2n) is 0. The second-order valence-corrected chi connectivity index (χ2v) is 0. The molecule has 0 fully saturated rings. The molecule has 0 saturated carbocycles. The zero-order chi connectivity index (χ0) is 0. The van der Waals surface area contributed by atoms with Crippen LogP contribution in [-0.4, -0.2) is 27.3 Å². The molecule has 0 amide bonds. The SMILES string of the molecule is S.[Cu].[Fe].[Pb].[Zn]. The van der Waals surface area contributed by atoms with Gasteiger partial charge in [0.05, 0.1) is 0 Å². The van der Waals surface area contributed by atoms with Gasteiger partial charge in [-0.05, 0) is 0 Å². The van der Waals surface area contributed by atoms with Crippen LogP contribution in [0, 0.1) is 0 Å². The molecule has 5 heteroatoms. The van der Waals surface area contributed by atoms with Gasteiger partial charge < -0.3 is 0 Å². The Kier molecular flexibility index (Phi) is 251. The Hall–Kier alpha value is 2.93. The monoisotopic (exact) mass is 425 g/mol. The van der Waals surface area contributed by atoms with Gasteiger partial charge in [-0.2, -0.15) is 13.5 Å². The summed E-state index contributed by atoms with van der Waals surface area (Å²) in [6, 6.07) is 0. The van der Waals surface area contributed by atoms with Crippen LogP contribution in [0.1, 0.15) is 0 Å². The van der Waals surface area contributed by atoms with Crippen LogP contribution >= 0.6 is 13.5 Å². The van der Waals surface area contributed by atoms with E-state index in [1.165, 1.54) is 0 Å². The van der Waals surface area contributed by atoms with Crippen LogP contribution in [0.4, 0.5) is 0 Å². The molecule has 0 unspecified atom stereocenters. The van der Waals surface area contributed by atoms with E-state index in [2.05, 4.69) is 0 Å². The molecule has 0 saturated heterocycles. The third-order valence-electron chi connectivity index (χ3n) is 0. The van der Waals surface area contributed by atoms with Crippen LogP contribution in [0.25, 0.3) is 0 Å². The smallest absolute Gasteiger partial charge is 0 e. The molecule has 0 spiro atoms. The van der Waals surface area contributed by atoms with Crippen molar-refractivity contribution in [2.24, 2.45) is 0 Å². The van der Waals surface area contributed by atoms with Gasteiger partial charge in [0.15, 0.2) is 0 Å². The second kappa shape index (κ2) is 28.4. The van der Waals surface area contributed by atoms with E-state index in [1.807, 2.05) is 0 Å². The molecule has 0 bridgehead atoms. The fraction of sp³-hybridized carbons (Fsp3) is 0. The topological polar surface area (TPSA) is 0 Å². The van der Waals surface area contributed by atoms with Gasteiger partial charge in [-0.1, -0.05) is 0 Å². The van der Waals surface area contributed by atoms with Crippen LogP contribution in [-0.2, 0) is 53.6 Å². The first-order chi connectivity index (χ1) is 0. The summed E-state index contributed by atoms with van der Waals surface area (Å²) in [5.74, 6) is 0. The van der Waals surface area contributed by atoms with Crippen LogP contribution in [0.2, 0.25) is 0 Å². The summed E-state index contributed by atoms with van der Waals surface area (Å²) in [6.45, 7) is 0. The molecule has 0 atom stereocenters. The first-order valence-corrected chi connectivity index (χ1v) is 0. The third-order valence-corrected chi connectivity index (χ3v) is 0. The van der Waals surface area contributed by atoms with E-state index >= 15 is 0 Å². The Labute approximate surface area is 92.9 Å². The van der Waals surface area contributed by atoms with Gasteiger partial charge in [0.25, 0.3) is 0 Å². The molecule has 0 N–H and O–H groups in total. The normalized spacial score (nSPS) is 0. The maximum Gasteiger partial charge on any atom is 0 e. The predicted molar refractivity (Wildman–Crippen MR) is 16.1 cm³/mol. The van der Waals surface area contributed by atoms with Crippen molar-refractivity contribution >= 4 is 40.8 Å². The Morgan fingerprint density at radius 2 is 1.00 bits per heavy atom. The minimum atomic E-state index is 0. The van der Waals surface area contributed by atoms with Crippen molar-refractivity contribution in [1.29, 1.82) is 0 Å². The summed E-state index contributed by atoms with van der Waals surface area (Å²) in [5.41, 5.74) is 0. The molecule has 5 heavy (non-hydrogen) atoms. The molecule has 0 aromatic carbocycles. The molecule has 0 rings (SSSR count). The minimum Gasteiger partial charge on any atom is -0.197 e. The number of hydrogen-bond donors (Lipinski definition) is 0. The van der Waals surface area contributed by atoms with Crippen molar-refractivity contribution in [3.8, 4) is 0 Å². The van der Waals surface area contributed by atoms with E-state index in [9.17, 15) is 0 Å². The molecule has 5 radical (unpaired) electrons. The minimum absolute atomic E-state index is 0. The molecule has 0 aliphatic rings. The van der Waals surface area contributed by atoms with Gasteiger partial charge >= 0.3 is 0 Å². The van der Waals surface area contributed by atoms with Gasteiger partial charge in [-0.25, -0.2) is 0 Å². The molecule has 0 aromatic heterocycles. The summed E-state index contributed by atoms with van der Waals surface area (Å²) in [7, 11) is 0. The van der Waals surface area contributed by atoms with Crippen LogP contribution in [0.15, 0.2) is 0 Å². The van der Waals surface area contributed by atoms with Gasteiger partial charge in [-0.15, -0.1) is 0 Å². The van der Waals surface area contributed by atoms with Crippen LogP contribution in [0.3, 0.4) is 0 Å². The number of rotatable bonds is 0. The van der Waals surface area contributed by atoms with Crippen molar-refractivity contribution in [3.63, 3.8) is 0 Å². The fourth-order valence-corrected chi connectivity index (χ4v) is 0. The van der Waals surface area contributed by atoms with Gasteiger partial charge in [0.2, 0.25) is 0 Å². The molecule has 33 valence electrons. The fourth-order valence-electron chi connectivity index (χ4n) is 0. The Morgan fingerprint density at radius 3 is 1.00 bits per heavy atom. The van der Waals surface area contributed by atoms with Crippen molar-refractivity contribution in [3.05, 3.63) is 0 Å². The van der Waals surface area contributed by atoms with E-state index < -0.39 is 0 Å². The molecule has 0 aromatic rings. The largest absolute Gasteiger partial charge is 0.197 e. The summed E-state index contributed by atoms with van der Waals surface area (Å²) in [5, 5.41) is 0. The summed E-state index contributed by atoms with van der Waals surface area (Å²) in [4.78, 5) is 0. The van der Waals surface area contributed by atoms with E-state index in [-0.39, 0.29) is 94.4 Å². The molecule has 0 nitrogen and oxygen atoms in total. The summed E-state index contributed by atoms with van der Waals surface area (Å²) in [6.07, 6.45) is 0. The van der Waals surface area contributed by atoms with Gasteiger partial charge in [0.1, 0.15) is 0 Å². The molecular weight excluding hydrogens is 424 g/mol. The van der Waals surface area contributed by atoms with Gasteiger partial charge in [0, 0.05) is 80.9 Å².